The minimum Gasteiger partial charge on any atom is -0.444 e. The number of hydrogen-bond acceptors (Lipinski definition) is 6. The van der Waals surface area contributed by atoms with E-state index in [4.69, 9.17) is 10.5 Å². The molecule has 0 unspecified atom stereocenters. The number of nitrogens with one attached hydrogen (secondary N) is 2. The fourth-order valence-electron chi connectivity index (χ4n) is 1.78. The summed E-state index contributed by atoms with van der Waals surface area (Å²) in [6.07, 6.45) is 2.85. The first kappa shape index (κ1) is 19.9. The lowest BCUT2D eigenvalue weighted by atomic mass is 10.1. The van der Waals surface area contributed by atoms with Crippen LogP contribution in [-0.4, -0.2) is 35.6 Å². The van der Waals surface area contributed by atoms with Gasteiger partial charge in [-0.05, 0) is 32.9 Å². The SMILES string of the molecule is CC(C)(C)OC(=O)NC/C=C/CNc1ccc(C(N)=O)cc1[N+](=O)[O-]. The van der Waals surface area contributed by atoms with Crippen LogP contribution in [-0.2, 0) is 4.74 Å². The lowest BCUT2D eigenvalue weighted by molar-refractivity contribution is -0.384. The summed E-state index contributed by atoms with van der Waals surface area (Å²) < 4.78 is 5.07. The molecule has 0 radical (unpaired) electrons. The Hall–Kier alpha value is -3.10. The molecule has 0 saturated heterocycles. The zero-order chi connectivity index (χ0) is 19.0. The molecular formula is C16H22N4O5. The summed E-state index contributed by atoms with van der Waals surface area (Å²) in [5.74, 6) is -0.734. The predicted octanol–water partition coefficient (Wildman–Crippen LogP) is 2.19. The van der Waals surface area contributed by atoms with Crippen molar-refractivity contribution < 1.29 is 19.2 Å². The van der Waals surface area contributed by atoms with Crippen LogP contribution in [0, 0.1) is 10.1 Å². The van der Waals surface area contributed by atoms with E-state index in [2.05, 4.69) is 10.6 Å². The summed E-state index contributed by atoms with van der Waals surface area (Å²) in [5.41, 5.74) is 4.64. The van der Waals surface area contributed by atoms with Gasteiger partial charge in [0.2, 0.25) is 5.91 Å². The van der Waals surface area contributed by atoms with Gasteiger partial charge in [-0.2, -0.15) is 0 Å². The highest BCUT2D eigenvalue weighted by Gasteiger charge is 2.16. The van der Waals surface area contributed by atoms with Gasteiger partial charge >= 0.3 is 6.09 Å². The van der Waals surface area contributed by atoms with Gasteiger partial charge in [0.15, 0.2) is 0 Å². The number of benzene rings is 1. The van der Waals surface area contributed by atoms with Crippen LogP contribution in [0.25, 0.3) is 0 Å². The van der Waals surface area contributed by atoms with Crippen LogP contribution in [0.2, 0.25) is 0 Å². The minimum atomic E-state index is -0.734. The lowest BCUT2D eigenvalue weighted by Gasteiger charge is -2.19. The second-order valence-corrected chi connectivity index (χ2v) is 6.09. The quantitative estimate of drug-likeness (QED) is 0.392. The number of primary amides is 1. The van der Waals surface area contributed by atoms with E-state index in [0.29, 0.717) is 6.54 Å². The molecule has 0 fully saturated rings. The number of hydrogen-bond donors (Lipinski definition) is 3. The number of nitro groups is 1. The van der Waals surface area contributed by atoms with Crippen LogP contribution in [0.4, 0.5) is 16.2 Å². The smallest absolute Gasteiger partial charge is 0.407 e. The summed E-state index contributed by atoms with van der Waals surface area (Å²) in [7, 11) is 0. The van der Waals surface area contributed by atoms with E-state index in [9.17, 15) is 19.7 Å². The molecule has 0 saturated carbocycles. The molecule has 2 amide bonds. The van der Waals surface area contributed by atoms with Crippen molar-refractivity contribution in [3.63, 3.8) is 0 Å². The van der Waals surface area contributed by atoms with Gasteiger partial charge in [-0.25, -0.2) is 4.79 Å². The van der Waals surface area contributed by atoms with Gasteiger partial charge in [0, 0.05) is 24.7 Å². The number of anilines is 1. The number of carbonyl (C=O) groups excluding carboxylic acids is 2. The van der Waals surface area contributed by atoms with Crippen LogP contribution in [0.3, 0.4) is 0 Å². The van der Waals surface area contributed by atoms with Crippen LogP contribution in [0.1, 0.15) is 31.1 Å². The Bertz CT molecular complexity index is 680. The lowest BCUT2D eigenvalue weighted by Crippen LogP contribution is -2.32. The Morgan fingerprint density at radius 2 is 1.92 bits per heavy atom. The van der Waals surface area contributed by atoms with Crippen molar-refractivity contribution in [2.24, 2.45) is 5.73 Å². The number of amides is 2. The summed E-state index contributed by atoms with van der Waals surface area (Å²) in [6, 6.07) is 3.95. The average Bonchev–Trinajstić information content (AvgIpc) is 2.48. The Morgan fingerprint density at radius 1 is 1.28 bits per heavy atom. The molecule has 4 N–H and O–H groups in total. The minimum absolute atomic E-state index is 0.0642. The molecule has 0 aliphatic carbocycles. The first-order valence-electron chi connectivity index (χ1n) is 7.54. The van der Waals surface area contributed by atoms with Crippen molar-refractivity contribution in [3.05, 3.63) is 46.0 Å². The van der Waals surface area contributed by atoms with Crippen LogP contribution < -0.4 is 16.4 Å². The summed E-state index contributed by atoms with van der Waals surface area (Å²) in [5, 5.41) is 16.5. The third-order valence-electron chi connectivity index (χ3n) is 2.82. The number of nitrogens with two attached hydrogens (primary N) is 1. The third-order valence-corrected chi connectivity index (χ3v) is 2.82. The van der Waals surface area contributed by atoms with E-state index in [1.165, 1.54) is 12.1 Å². The van der Waals surface area contributed by atoms with Crippen molar-refractivity contribution in [3.8, 4) is 0 Å². The van der Waals surface area contributed by atoms with E-state index in [1.54, 1.807) is 32.9 Å². The van der Waals surface area contributed by atoms with Crippen LogP contribution in [0.15, 0.2) is 30.4 Å². The average molecular weight is 350 g/mol. The van der Waals surface area contributed by atoms with Crippen molar-refractivity contribution in [1.29, 1.82) is 0 Å². The number of nitrogens with zero attached hydrogens (tertiary/aromatic N) is 1. The van der Waals surface area contributed by atoms with Crippen molar-refractivity contribution in [1.82, 2.24) is 5.32 Å². The van der Waals surface area contributed by atoms with Crippen molar-refractivity contribution in [2.45, 2.75) is 26.4 Å². The fourth-order valence-corrected chi connectivity index (χ4v) is 1.78. The van der Waals surface area contributed by atoms with Crippen molar-refractivity contribution >= 4 is 23.4 Å². The zero-order valence-corrected chi connectivity index (χ0v) is 14.4. The van der Waals surface area contributed by atoms with Gasteiger partial charge in [-0.1, -0.05) is 12.2 Å². The topological polar surface area (TPSA) is 137 Å². The maximum absolute atomic E-state index is 11.4. The number of rotatable bonds is 7. The predicted molar refractivity (Wildman–Crippen MR) is 93.5 cm³/mol. The van der Waals surface area contributed by atoms with E-state index in [0.717, 1.165) is 6.07 Å². The number of alkyl carbamates (subject to hydrolysis) is 1. The number of carbonyl (C=O) groups is 2. The Balaban J connectivity index is 2.52. The molecule has 136 valence electrons. The summed E-state index contributed by atoms with van der Waals surface area (Å²) in [6.45, 7) is 5.86. The highest BCUT2D eigenvalue weighted by atomic mass is 16.6. The molecule has 1 rings (SSSR count). The Morgan fingerprint density at radius 3 is 2.48 bits per heavy atom. The molecule has 0 bridgehead atoms. The summed E-state index contributed by atoms with van der Waals surface area (Å²) in [4.78, 5) is 33.0. The third kappa shape index (κ3) is 7.34. The largest absolute Gasteiger partial charge is 0.444 e. The Kier molecular flexibility index (Phi) is 6.92. The highest BCUT2D eigenvalue weighted by Crippen LogP contribution is 2.25. The second-order valence-electron chi connectivity index (χ2n) is 6.09. The molecule has 0 aromatic heterocycles. The molecule has 9 heteroatoms. The van der Waals surface area contributed by atoms with Gasteiger partial charge < -0.3 is 21.1 Å². The molecule has 25 heavy (non-hydrogen) atoms. The van der Waals surface area contributed by atoms with Gasteiger partial charge in [0.05, 0.1) is 4.92 Å². The number of nitro benzene ring substituents is 1. The van der Waals surface area contributed by atoms with Gasteiger partial charge in [0.25, 0.3) is 5.69 Å². The maximum Gasteiger partial charge on any atom is 0.407 e. The summed E-state index contributed by atoms with van der Waals surface area (Å²) >= 11 is 0. The molecule has 0 atom stereocenters. The zero-order valence-electron chi connectivity index (χ0n) is 14.4. The van der Waals surface area contributed by atoms with Gasteiger partial charge in [0.1, 0.15) is 11.3 Å². The highest BCUT2D eigenvalue weighted by molar-refractivity contribution is 5.94. The monoisotopic (exact) mass is 350 g/mol. The molecule has 1 aromatic rings. The maximum atomic E-state index is 11.4. The van der Waals surface area contributed by atoms with E-state index < -0.39 is 22.5 Å². The molecule has 0 spiro atoms. The van der Waals surface area contributed by atoms with E-state index >= 15 is 0 Å². The molecule has 0 aliphatic rings. The molecule has 9 nitrogen and oxygen atoms in total. The molecule has 0 aliphatic heterocycles. The van der Waals surface area contributed by atoms with Crippen LogP contribution >= 0.6 is 0 Å². The molecular weight excluding hydrogens is 328 g/mol. The van der Waals surface area contributed by atoms with Gasteiger partial charge in [-0.15, -0.1) is 0 Å². The second kappa shape index (κ2) is 8.67. The van der Waals surface area contributed by atoms with Crippen molar-refractivity contribution in [2.75, 3.05) is 18.4 Å². The van der Waals surface area contributed by atoms with Gasteiger partial charge in [-0.3, -0.25) is 14.9 Å². The standard InChI is InChI=1S/C16H22N4O5/c1-16(2,3)25-15(22)19-9-5-4-8-18-12-7-6-11(14(17)21)10-13(12)20(23)24/h4-7,10,18H,8-9H2,1-3H3,(H2,17,21)(H,19,22)/b5-4+. The fraction of sp³-hybridized carbons (Fsp3) is 0.375. The molecule has 1 aromatic carbocycles. The van der Waals surface area contributed by atoms with Crippen LogP contribution in [0.5, 0.6) is 0 Å². The number of ether oxygens (including phenoxy) is 1. The first-order chi connectivity index (χ1) is 11.6. The van der Waals surface area contributed by atoms with E-state index in [-0.39, 0.29) is 23.5 Å². The first-order valence-corrected chi connectivity index (χ1v) is 7.54. The normalized spacial score (nSPS) is 11.2. The molecule has 0 heterocycles. The van der Waals surface area contributed by atoms with E-state index in [1.807, 2.05) is 0 Å². The Labute approximate surface area is 145 Å².